The summed E-state index contributed by atoms with van der Waals surface area (Å²) in [6.45, 7) is 16.8. The van der Waals surface area contributed by atoms with Gasteiger partial charge in [0.15, 0.2) is 0 Å². The summed E-state index contributed by atoms with van der Waals surface area (Å²) in [6, 6.07) is 1.50. The first kappa shape index (κ1) is 15.0. The predicted molar refractivity (Wildman–Crippen MR) is 75.9 cm³/mol. The van der Waals surface area contributed by atoms with Crippen LogP contribution in [0.25, 0.3) is 0 Å². The minimum absolute atomic E-state index is 0.624. The van der Waals surface area contributed by atoms with Crippen molar-refractivity contribution in [2.75, 3.05) is 13.1 Å². The Morgan fingerprint density at radius 2 is 1.88 bits per heavy atom. The Hall–Kier alpha value is -0.0800. The minimum atomic E-state index is 0.624. The molecule has 1 aliphatic heterocycles. The number of hydrogen-bond acceptors (Lipinski definition) is 1. The average Bonchev–Trinajstić information content (AvgIpc) is 2.63. The molecule has 0 aliphatic carbocycles. The van der Waals surface area contributed by atoms with E-state index in [2.05, 4.69) is 46.9 Å². The number of hydrogen-bond donors (Lipinski definition) is 1. The summed E-state index contributed by atoms with van der Waals surface area (Å²) in [7, 11) is 0. The fourth-order valence-corrected chi connectivity index (χ4v) is 3.54. The molecule has 2 heteroatoms. The lowest BCUT2D eigenvalue weighted by Crippen LogP contribution is -2.59. The molecule has 0 bridgehead atoms. The van der Waals surface area contributed by atoms with Gasteiger partial charge in [-0.1, -0.05) is 33.6 Å². The molecule has 0 saturated carbocycles. The van der Waals surface area contributed by atoms with E-state index in [1.54, 1.807) is 0 Å². The quantitative estimate of drug-likeness (QED) is 0.703. The van der Waals surface area contributed by atoms with Crippen LogP contribution in [0.2, 0.25) is 0 Å². The topological polar surface area (TPSA) is 12.0 Å². The molecule has 2 nitrogen and oxygen atoms in total. The van der Waals surface area contributed by atoms with Crippen molar-refractivity contribution in [1.29, 1.82) is 0 Å². The highest BCUT2D eigenvalue weighted by Gasteiger charge is 2.46. The molecule has 1 heterocycles. The zero-order valence-electron chi connectivity index (χ0n) is 12.8. The second kappa shape index (κ2) is 6.19. The van der Waals surface area contributed by atoms with Crippen LogP contribution in [-0.2, 0) is 0 Å². The number of nitrogens with one attached hydrogen (secondary N) is 1. The van der Waals surface area contributed by atoms with Gasteiger partial charge >= 0.3 is 0 Å². The van der Waals surface area contributed by atoms with E-state index in [9.17, 15) is 0 Å². The minimum Gasteiger partial charge on any atom is -0.306 e. The predicted octanol–water partition coefficient (Wildman–Crippen LogP) is 3.38. The maximum atomic E-state index is 3.84. The third-order valence-corrected chi connectivity index (χ3v) is 5.08. The third-order valence-electron chi connectivity index (χ3n) is 5.08. The van der Waals surface area contributed by atoms with E-state index >= 15 is 0 Å². The van der Waals surface area contributed by atoms with Crippen LogP contribution in [0.4, 0.5) is 0 Å². The molecule has 102 valence electrons. The highest BCUT2D eigenvalue weighted by atomic mass is 15.5. The third kappa shape index (κ3) is 3.03. The Kier molecular flexibility index (Phi) is 5.46. The molecule has 0 aromatic rings. The van der Waals surface area contributed by atoms with Gasteiger partial charge in [-0.25, -0.2) is 0 Å². The van der Waals surface area contributed by atoms with Gasteiger partial charge in [0.25, 0.3) is 0 Å². The molecule has 1 rings (SSSR count). The Labute approximate surface area is 108 Å². The molecule has 0 aromatic carbocycles. The second-order valence-electron chi connectivity index (χ2n) is 6.27. The van der Waals surface area contributed by atoms with E-state index in [0.29, 0.717) is 6.17 Å². The summed E-state index contributed by atoms with van der Waals surface area (Å²) in [5, 5.41) is 3.84. The summed E-state index contributed by atoms with van der Waals surface area (Å²) in [4.78, 5) is 0. The van der Waals surface area contributed by atoms with Crippen LogP contribution in [0.5, 0.6) is 0 Å². The molecule has 1 fully saturated rings. The van der Waals surface area contributed by atoms with Crippen molar-refractivity contribution in [3.8, 4) is 0 Å². The first-order valence-electron chi connectivity index (χ1n) is 7.60. The zero-order chi connectivity index (χ0) is 13.1. The van der Waals surface area contributed by atoms with Gasteiger partial charge in [-0.05, 0) is 20.3 Å². The maximum Gasteiger partial charge on any atom is 0.140 e. The molecule has 0 aromatic heterocycles. The normalized spacial score (nSPS) is 35.5. The van der Waals surface area contributed by atoms with Gasteiger partial charge in [-0.2, -0.15) is 0 Å². The SMILES string of the molecule is CCCCC1C[N+](CC)(C(C)C(C)C)C(C)N1. The molecule has 1 saturated heterocycles. The van der Waals surface area contributed by atoms with Crippen LogP contribution >= 0.6 is 0 Å². The number of unbranched alkanes of at least 4 members (excludes halogenated alkanes) is 1. The number of likely N-dealkylation sites (N-methyl/N-ethyl adjacent to an activating group) is 1. The molecule has 1 N–H and O–H groups in total. The van der Waals surface area contributed by atoms with E-state index in [4.69, 9.17) is 0 Å². The summed E-state index contributed by atoms with van der Waals surface area (Å²) in [6.07, 6.45) is 4.66. The van der Waals surface area contributed by atoms with Crippen LogP contribution in [0.15, 0.2) is 0 Å². The number of rotatable bonds is 6. The zero-order valence-corrected chi connectivity index (χ0v) is 12.8. The molecular formula is C15H33N2+. The van der Waals surface area contributed by atoms with E-state index < -0.39 is 0 Å². The smallest absolute Gasteiger partial charge is 0.140 e. The van der Waals surface area contributed by atoms with Crippen LogP contribution < -0.4 is 5.32 Å². The van der Waals surface area contributed by atoms with Gasteiger partial charge in [0.05, 0.1) is 25.2 Å². The van der Waals surface area contributed by atoms with Crippen molar-refractivity contribution in [3.05, 3.63) is 0 Å². The largest absolute Gasteiger partial charge is 0.306 e. The van der Waals surface area contributed by atoms with Crippen molar-refractivity contribution in [3.63, 3.8) is 0 Å². The van der Waals surface area contributed by atoms with Crippen molar-refractivity contribution < 1.29 is 4.48 Å². The fraction of sp³-hybridized carbons (Fsp3) is 1.00. The maximum absolute atomic E-state index is 3.84. The number of quaternary nitrogens is 1. The summed E-state index contributed by atoms with van der Waals surface area (Å²) >= 11 is 0. The highest BCUT2D eigenvalue weighted by Crippen LogP contribution is 2.29. The lowest BCUT2D eigenvalue weighted by Gasteiger charge is -2.44. The van der Waals surface area contributed by atoms with E-state index in [1.165, 1.54) is 36.8 Å². The standard InChI is InChI=1S/C15H33N2/c1-7-9-10-15-11-17(8-2,14(6)16-15)13(5)12(3)4/h12-16H,7-11H2,1-6H3/q+1. The Morgan fingerprint density at radius 3 is 2.35 bits per heavy atom. The molecule has 0 amide bonds. The molecule has 0 spiro atoms. The number of nitrogens with zero attached hydrogens (tertiary/aromatic N) is 1. The average molecular weight is 241 g/mol. The Bertz CT molecular complexity index is 227. The van der Waals surface area contributed by atoms with Crippen LogP contribution in [0.1, 0.15) is 60.8 Å². The monoisotopic (exact) mass is 241 g/mol. The lowest BCUT2D eigenvalue weighted by atomic mass is 10.00. The first-order chi connectivity index (χ1) is 7.97. The van der Waals surface area contributed by atoms with Gasteiger partial charge < -0.3 is 4.48 Å². The van der Waals surface area contributed by atoms with Gasteiger partial charge in [0.2, 0.25) is 0 Å². The first-order valence-corrected chi connectivity index (χ1v) is 7.60. The summed E-state index contributed by atoms with van der Waals surface area (Å²) in [5.74, 6) is 0.768. The summed E-state index contributed by atoms with van der Waals surface area (Å²) in [5.41, 5.74) is 0. The molecule has 4 atom stereocenters. The van der Waals surface area contributed by atoms with E-state index in [-0.39, 0.29) is 0 Å². The molecule has 17 heavy (non-hydrogen) atoms. The lowest BCUT2D eigenvalue weighted by molar-refractivity contribution is -0.961. The Morgan fingerprint density at radius 1 is 1.24 bits per heavy atom. The fourth-order valence-electron chi connectivity index (χ4n) is 3.54. The second-order valence-corrected chi connectivity index (χ2v) is 6.27. The molecule has 1 aliphatic rings. The molecule has 0 radical (unpaired) electrons. The Balaban J connectivity index is 2.72. The van der Waals surface area contributed by atoms with Crippen molar-refractivity contribution >= 4 is 0 Å². The van der Waals surface area contributed by atoms with Crippen molar-refractivity contribution in [2.24, 2.45) is 5.92 Å². The molecular weight excluding hydrogens is 208 g/mol. The van der Waals surface area contributed by atoms with Crippen molar-refractivity contribution in [2.45, 2.75) is 79.1 Å². The van der Waals surface area contributed by atoms with E-state index in [0.717, 1.165) is 18.0 Å². The van der Waals surface area contributed by atoms with Gasteiger partial charge in [-0.15, -0.1) is 0 Å². The van der Waals surface area contributed by atoms with Crippen LogP contribution in [0, 0.1) is 5.92 Å². The van der Waals surface area contributed by atoms with Crippen LogP contribution in [-0.4, -0.2) is 35.8 Å². The van der Waals surface area contributed by atoms with Crippen LogP contribution in [0.3, 0.4) is 0 Å². The molecule has 4 unspecified atom stereocenters. The van der Waals surface area contributed by atoms with Gasteiger partial charge in [-0.3, -0.25) is 5.32 Å². The van der Waals surface area contributed by atoms with Gasteiger partial charge in [0.1, 0.15) is 6.17 Å². The highest BCUT2D eigenvalue weighted by molar-refractivity contribution is 4.78. The van der Waals surface area contributed by atoms with E-state index in [1.807, 2.05) is 0 Å². The van der Waals surface area contributed by atoms with Gasteiger partial charge in [0, 0.05) is 12.8 Å². The van der Waals surface area contributed by atoms with Crippen molar-refractivity contribution in [1.82, 2.24) is 5.32 Å². The summed E-state index contributed by atoms with van der Waals surface area (Å²) < 4.78 is 1.27.